The lowest BCUT2D eigenvalue weighted by molar-refractivity contribution is 0.136. The van der Waals surface area contributed by atoms with Crippen molar-refractivity contribution in [1.82, 2.24) is 14.7 Å². The Hall–Kier alpha value is -0.870. The van der Waals surface area contributed by atoms with Gasteiger partial charge in [0.05, 0.1) is 12.2 Å². The molecule has 15 heavy (non-hydrogen) atoms. The van der Waals surface area contributed by atoms with Crippen LogP contribution in [0.1, 0.15) is 31.4 Å². The van der Waals surface area contributed by atoms with Gasteiger partial charge in [0.25, 0.3) is 0 Å². The van der Waals surface area contributed by atoms with Crippen LogP contribution >= 0.6 is 0 Å². The van der Waals surface area contributed by atoms with Gasteiger partial charge in [-0.3, -0.25) is 9.58 Å². The SMILES string of the molecule is CCN1CCCC(N)C1c1cnn(C)c1. The molecule has 0 aliphatic carbocycles. The van der Waals surface area contributed by atoms with E-state index < -0.39 is 0 Å². The first-order valence-electron chi connectivity index (χ1n) is 5.70. The fraction of sp³-hybridized carbons (Fsp3) is 0.727. The number of aromatic nitrogens is 2. The summed E-state index contributed by atoms with van der Waals surface area (Å²) in [6.07, 6.45) is 6.36. The van der Waals surface area contributed by atoms with Crippen LogP contribution in [0.2, 0.25) is 0 Å². The molecule has 1 saturated heterocycles. The van der Waals surface area contributed by atoms with Crippen LogP contribution in [0, 0.1) is 0 Å². The zero-order chi connectivity index (χ0) is 10.8. The molecule has 1 aliphatic rings. The van der Waals surface area contributed by atoms with E-state index in [1.807, 2.05) is 17.9 Å². The highest BCUT2D eigenvalue weighted by atomic mass is 15.3. The fourth-order valence-corrected chi connectivity index (χ4v) is 2.50. The first-order chi connectivity index (χ1) is 7.22. The molecule has 4 heteroatoms. The van der Waals surface area contributed by atoms with Crippen molar-refractivity contribution in [3.05, 3.63) is 18.0 Å². The fourth-order valence-electron chi connectivity index (χ4n) is 2.50. The summed E-state index contributed by atoms with van der Waals surface area (Å²) in [5.74, 6) is 0. The lowest BCUT2D eigenvalue weighted by atomic mass is 9.93. The van der Waals surface area contributed by atoms with Crippen LogP contribution in [0.3, 0.4) is 0 Å². The first-order valence-corrected chi connectivity index (χ1v) is 5.70. The summed E-state index contributed by atoms with van der Waals surface area (Å²) in [7, 11) is 1.95. The predicted molar refractivity (Wildman–Crippen MR) is 60.4 cm³/mol. The zero-order valence-electron chi connectivity index (χ0n) is 9.56. The van der Waals surface area contributed by atoms with E-state index in [0.717, 1.165) is 19.5 Å². The Morgan fingerprint density at radius 1 is 1.60 bits per heavy atom. The summed E-state index contributed by atoms with van der Waals surface area (Å²) in [5.41, 5.74) is 7.46. The molecule has 2 atom stereocenters. The van der Waals surface area contributed by atoms with E-state index >= 15 is 0 Å². The molecular weight excluding hydrogens is 188 g/mol. The molecule has 84 valence electrons. The third-order valence-electron chi connectivity index (χ3n) is 3.25. The molecule has 0 radical (unpaired) electrons. The lowest BCUT2D eigenvalue weighted by Crippen LogP contribution is -2.45. The third-order valence-corrected chi connectivity index (χ3v) is 3.25. The highest BCUT2D eigenvalue weighted by Crippen LogP contribution is 2.29. The summed E-state index contributed by atoms with van der Waals surface area (Å²) >= 11 is 0. The van der Waals surface area contributed by atoms with E-state index in [-0.39, 0.29) is 6.04 Å². The van der Waals surface area contributed by atoms with Crippen molar-refractivity contribution in [3.63, 3.8) is 0 Å². The zero-order valence-corrected chi connectivity index (χ0v) is 9.56. The number of nitrogens with zero attached hydrogens (tertiary/aromatic N) is 3. The number of rotatable bonds is 2. The van der Waals surface area contributed by atoms with Gasteiger partial charge in [0.2, 0.25) is 0 Å². The van der Waals surface area contributed by atoms with Crippen LogP contribution in [0.5, 0.6) is 0 Å². The normalized spacial score (nSPS) is 28.2. The molecule has 1 aromatic heterocycles. The predicted octanol–water partition coefficient (Wildman–Crippen LogP) is 0.904. The second kappa shape index (κ2) is 4.33. The summed E-state index contributed by atoms with van der Waals surface area (Å²) in [6.45, 7) is 4.42. The van der Waals surface area contributed by atoms with Crippen molar-refractivity contribution in [2.75, 3.05) is 13.1 Å². The summed E-state index contributed by atoms with van der Waals surface area (Å²) in [4.78, 5) is 2.45. The molecule has 2 N–H and O–H groups in total. The topological polar surface area (TPSA) is 47.1 Å². The van der Waals surface area contributed by atoms with Crippen LogP contribution in [-0.2, 0) is 7.05 Å². The minimum absolute atomic E-state index is 0.253. The standard InChI is InChI=1S/C11H20N4/c1-3-15-6-4-5-10(12)11(15)9-7-13-14(2)8-9/h7-8,10-11H,3-6,12H2,1-2H3. The molecule has 0 saturated carbocycles. The van der Waals surface area contributed by atoms with E-state index in [1.54, 1.807) is 0 Å². The second-order valence-corrected chi connectivity index (χ2v) is 4.33. The van der Waals surface area contributed by atoms with Crippen molar-refractivity contribution in [2.24, 2.45) is 12.8 Å². The maximum atomic E-state index is 6.21. The minimum atomic E-state index is 0.253. The third kappa shape index (κ3) is 2.06. The number of hydrogen-bond donors (Lipinski definition) is 1. The number of likely N-dealkylation sites (tertiary alicyclic amines) is 1. The van der Waals surface area contributed by atoms with Crippen LogP contribution in [0.15, 0.2) is 12.4 Å². The van der Waals surface area contributed by atoms with E-state index in [9.17, 15) is 0 Å². The average molecular weight is 208 g/mol. The van der Waals surface area contributed by atoms with Crippen molar-refractivity contribution >= 4 is 0 Å². The maximum absolute atomic E-state index is 6.21. The van der Waals surface area contributed by atoms with Crippen LogP contribution < -0.4 is 5.73 Å². The van der Waals surface area contributed by atoms with Gasteiger partial charge in [-0.05, 0) is 25.9 Å². The molecule has 1 fully saturated rings. The molecule has 1 aromatic rings. The summed E-state index contributed by atoms with van der Waals surface area (Å²) < 4.78 is 1.85. The van der Waals surface area contributed by atoms with Gasteiger partial charge in [-0.1, -0.05) is 6.92 Å². The smallest absolute Gasteiger partial charge is 0.0538 e. The van der Waals surface area contributed by atoms with E-state index in [0.29, 0.717) is 6.04 Å². The Labute approximate surface area is 91.1 Å². The molecule has 2 rings (SSSR count). The molecule has 2 heterocycles. The van der Waals surface area contributed by atoms with Crippen molar-refractivity contribution in [3.8, 4) is 0 Å². The minimum Gasteiger partial charge on any atom is -0.326 e. The van der Waals surface area contributed by atoms with Gasteiger partial charge in [-0.15, -0.1) is 0 Å². The molecule has 0 aromatic carbocycles. The molecule has 1 aliphatic heterocycles. The number of likely N-dealkylation sites (N-methyl/N-ethyl adjacent to an activating group) is 1. The van der Waals surface area contributed by atoms with Crippen LogP contribution in [-0.4, -0.2) is 33.8 Å². The Morgan fingerprint density at radius 3 is 3.00 bits per heavy atom. The van der Waals surface area contributed by atoms with Gasteiger partial charge in [-0.25, -0.2) is 0 Å². The van der Waals surface area contributed by atoms with Gasteiger partial charge in [0, 0.05) is 24.8 Å². The molecule has 0 bridgehead atoms. The molecular formula is C11H20N4. The first kappa shape index (κ1) is 10.6. The van der Waals surface area contributed by atoms with Gasteiger partial charge in [0.1, 0.15) is 0 Å². The number of piperidine rings is 1. The van der Waals surface area contributed by atoms with Gasteiger partial charge in [0.15, 0.2) is 0 Å². The van der Waals surface area contributed by atoms with Crippen molar-refractivity contribution in [1.29, 1.82) is 0 Å². The van der Waals surface area contributed by atoms with Crippen LogP contribution in [0.4, 0.5) is 0 Å². The van der Waals surface area contributed by atoms with Crippen LogP contribution in [0.25, 0.3) is 0 Å². The van der Waals surface area contributed by atoms with Gasteiger partial charge >= 0.3 is 0 Å². The molecule has 0 spiro atoms. The van der Waals surface area contributed by atoms with E-state index in [2.05, 4.69) is 23.1 Å². The number of hydrogen-bond acceptors (Lipinski definition) is 3. The Morgan fingerprint density at radius 2 is 2.40 bits per heavy atom. The monoisotopic (exact) mass is 208 g/mol. The maximum Gasteiger partial charge on any atom is 0.0538 e. The average Bonchev–Trinajstić information content (AvgIpc) is 2.64. The number of nitrogens with two attached hydrogens (primary N) is 1. The Balaban J connectivity index is 2.22. The van der Waals surface area contributed by atoms with Gasteiger partial charge in [-0.2, -0.15) is 5.10 Å². The van der Waals surface area contributed by atoms with Crippen molar-refractivity contribution < 1.29 is 0 Å². The lowest BCUT2D eigenvalue weighted by Gasteiger charge is -2.38. The largest absolute Gasteiger partial charge is 0.326 e. The molecule has 4 nitrogen and oxygen atoms in total. The molecule has 2 unspecified atom stereocenters. The Kier molecular flexibility index (Phi) is 3.07. The highest BCUT2D eigenvalue weighted by Gasteiger charge is 2.29. The second-order valence-electron chi connectivity index (χ2n) is 4.33. The van der Waals surface area contributed by atoms with Gasteiger partial charge < -0.3 is 5.73 Å². The Bertz CT molecular complexity index is 320. The summed E-state index contributed by atoms with van der Waals surface area (Å²) in [5, 5.41) is 4.23. The van der Waals surface area contributed by atoms with E-state index in [1.165, 1.54) is 12.0 Å². The van der Waals surface area contributed by atoms with Crippen molar-refractivity contribution in [2.45, 2.75) is 31.8 Å². The number of aryl methyl sites for hydroxylation is 1. The quantitative estimate of drug-likeness (QED) is 0.785. The van der Waals surface area contributed by atoms with E-state index in [4.69, 9.17) is 5.73 Å². The summed E-state index contributed by atoms with van der Waals surface area (Å²) in [6, 6.07) is 0.611. The highest BCUT2D eigenvalue weighted by molar-refractivity contribution is 5.14. The molecule has 0 amide bonds.